The van der Waals surface area contributed by atoms with Crippen LogP contribution in [0.4, 0.5) is 0 Å². The van der Waals surface area contributed by atoms with Gasteiger partial charge in [0.05, 0.1) is 18.9 Å². The van der Waals surface area contributed by atoms with E-state index in [1.165, 1.54) is 6.21 Å². The lowest BCUT2D eigenvalue weighted by Gasteiger charge is -2.11. The Kier molecular flexibility index (Phi) is 8.12. The van der Waals surface area contributed by atoms with Crippen molar-refractivity contribution in [3.63, 3.8) is 0 Å². The third-order valence-corrected chi connectivity index (χ3v) is 6.17. The first-order valence-electron chi connectivity index (χ1n) is 12.6. The van der Waals surface area contributed by atoms with Crippen molar-refractivity contribution in [2.75, 3.05) is 13.7 Å². The molecule has 0 spiro atoms. The summed E-state index contributed by atoms with van der Waals surface area (Å²) in [5, 5.41) is 5.86. The molecule has 0 atom stereocenters. The number of nitrogens with one attached hydrogen (secondary N) is 1. The highest BCUT2D eigenvalue weighted by molar-refractivity contribution is 6.04. The van der Waals surface area contributed by atoms with Gasteiger partial charge in [0.2, 0.25) is 0 Å². The highest BCUT2D eigenvalue weighted by Crippen LogP contribution is 2.28. The van der Waals surface area contributed by atoms with E-state index in [-0.39, 0.29) is 6.61 Å². The summed E-state index contributed by atoms with van der Waals surface area (Å²) in [5.41, 5.74) is 5.56. The Morgan fingerprint density at radius 3 is 2.17 bits per heavy atom. The van der Waals surface area contributed by atoms with Crippen LogP contribution in [0.2, 0.25) is 0 Å². The predicted octanol–water partition coefficient (Wildman–Crippen LogP) is 6.26. The van der Waals surface area contributed by atoms with E-state index in [4.69, 9.17) is 14.2 Å². The summed E-state index contributed by atoms with van der Waals surface area (Å²) in [6.45, 7) is -0.211. The van der Waals surface area contributed by atoms with E-state index in [9.17, 15) is 9.59 Å². The lowest BCUT2D eigenvalue weighted by atomic mass is 10.0. The van der Waals surface area contributed by atoms with Crippen LogP contribution < -0.4 is 19.6 Å². The molecular weight excluding hydrogens is 504 g/mol. The number of benzene rings is 5. The molecular formula is C33H26N2O5. The molecule has 5 aromatic carbocycles. The Bertz CT molecular complexity index is 1650. The van der Waals surface area contributed by atoms with Crippen molar-refractivity contribution < 1.29 is 23.8 Å². The quantitative estimate of drug-likeness (QED) is 0.105. The second-order valence-corrected chi connectivity index (χ2v) is 8.79. The van der Waals surface area contributed by atoms with Crippen molar-refractivity contribution in [3.05, 3.63) is 126 Å². The SMILES string of the molecule is COc1ccc(C(=O)Oc2ccc3ccccc3c2/C=N/NC(=O)COc2ccc(-c3ccccc3)cc2)cc1. The zero-order valence-corrected chi connectivity index (χ0v) is 21.7. The normalized spacial score (nSPS) is 10.8. The number of hydrogen-bond donors (Lipinski definition) is 1. The van der Waals surface area contributed by atoms with E-state index in [1.54, 1.807) is 37.4 Å². The summed E-state index contributed by atoms with van der Waals surface area (Å²) in [6, 6.07) is 35.3. The van der Waals surface area contributed by atoms with Gasteiger partial charge >= 0.3 is 5.97 Å². The summed E-state index contributed by atoms with van der Waals surface area (Å²) >= 11 is 0. The van der Waals surface area contributed by atoms with Crippen molar-refractivity contribution in [2.45, 2.75) is 0 Å². The Hall–Kier alpha value is -5.43. The molecule has 0 bridgehead atoms. The minimum Gasteiger partial charge on any atom is -0.497 e. The Morgan fingerprint density at radius 1 is 0.750 bits per heavy atom. The fourth-order valence-electron chi connectivity index (χ4n) is 4.11. The topological polar surface area (TPSA) is 86.2 Å². The largest absolute Gasteiger partial charge is 0.497 e. The molecule has 0 aromatic heterocycles. The molecule has 0 aliphatic carbocycles. The maximum atomic E-state index is 12.8. The Labute approximate surface area is 231 Å². The van der Waals surface area contributed by atoms with E-state index in [0.717, 1.165) is 21.9 Å². The first kappa shape index (κ1) is 26.2. The van der Waals surface area contributed by atoms with Gasteiger partial charge in [-0.05, 0) is 64.4 Å². The number of ether oxygens (including phenoxy) is 3. The maximum absolute atomic E-state index is 12.8. The molecule has 40 heavy (non-hydrogen) atoms. The minimum atomic E-state index is -0.525. The van der Waals surface area contributed by atoms with Gasteiger partial charge in [0.25, 0.3) is 5.91 Å². The van der Waals surface area contributed by atoms with Gasteiger partial charge in [0.1, 0.15) is 17.2 Å². The third-order valence-electron chi connectivity index (χ3n) is 6.17. The average molecular weight is 531 g/mol. The summed E-state index contributed by atoms with van der Waals surface area (Å²) in [7, 11) is 1.56. The van der Waals surface area contributed by atoms with E-state index in [0.29, 0.717) is 28.4 Å². The molecule has 7 heteroatoms. The van der Waals surface area contributed by atoms with Crippen LogP contribution in [0.15, 0.2) is 120 Å². The second kappa shape index (κ2) is 12.4. The number of methoxy groups -OCH3 is 1. The zero-order chi connectivity index (χ0) is 27.7. The molecule has 1 amide bonds. The van der Waals surface area contributed by atoms with Crippen LogP contribution in [-0.2, 0) is 4.79 Å². The maximum Gasteiger partial charge on any atom is 0.343 e. The predicted molar refractivity (Wildman–Crippen MR) is 155 cm³/mol. The van der Waals surface area contributed by atoms with Crippen LogP contribution in [-0.4, -0.2) is 31.8 Å². The molecule has 5 aromatic rings. The van der Waals surface area contributed by atoms with E-state index < -0.39 is 11.9 Å². The molecule has 5 rings (SSSR count). The van der Waals surface area contributed by atoms with Gasteiger partial charge in [0.15, 0.2) is 6.61 Å². The Balaban J connectivity index is 1.25. The van der Waals surface area contributed by atoms with Gasteiger partial charge in [-0.15, -0.1) is 0 Å². The molecule has 0 aliphatic rings. The molecule has 7 nitrogen and oxygen atoms in total. The Morgan fingerprint density at radius 2 is 1.43 bits per heavy atom. The van der Waals surface area contributed by atoms with Gasteiger partial charge in [-0.3, -0.25) is 4.79 Å². The van der Waals surface area contributed by atoms with E-state index >= 15 is 0 Å². The smallest absolute Gasteiger partial charge is 0.343 e. The van der Waals surface area contributed by atoms with Crippen molar-refractivity contribution >= 4 is 28.9 Å². The molecule has 0 unspecified atom stereocenters. The molecule has 0 aliphatic heterocycles. The number of fused-ring (bicyclic) bond motifs is 1. The van der Waals surface area contributed by atoms with Crippen molar-refractivity contribution in [1.82, 2.24) is 5.43 Å². The highest BCUT2D eigenvalue weighted by Gasteiger charge is 2.14. The number of hydrazone groups is 1. The highest BCUT2D eigenvalue weighted by atomic mass is 16.5. The van der Waals surface area contributed by atoms with E-state index in [2.05, 4.69) is 10.5 Å². The molecule has 0 fully saturated rings. The summed E-state index contributed by atoms with van der Waals surface area (Å²) in [5.74, 6) is 0.565. The van der Waals surface area contributed by atoms with Gasteiger partial charge in [-0.25, -0.2) is 10.2 Å². The summed E-state index contributed by atoms with van der Waals surface area (Å²) in [4.78, 5) is 25.2. The fraction of sp³-hybridized carbons (Fsp3) is 0.0606. The molecule has 0 radical (unpaired) electrons. The standard InChI is InChI=1S/C33H26N2O5/c1-38-27-16-13-26(14-17-27)33(37)40-31-20-15-25-9-5-6-10-29(25)30(31)21-34-35-32(36)22-39-28-18-11-24(12-19-28)23-7-3-2-4-8-23/h2-21H,22H2,1H3,(H,35,36)/b34-21+. The second-order valence-electron chi connectivity index (χ2n) is 8.79. The molecule has 0 heterocycles. The van der Waals surface area contributed by atoms with Gasteiger partial charge in [-0.2, -0.15) is 5.10 Å². The summed E-state index contributed by atoms with van der Waals surface area (Å²) in [6.07, 6.45) is 1.46. The van der Waals surface area contributed by atoms with Crippen LogP contribution in [0.5, 0.6) is 17.2 Å². The number of amides is 1. The van der Waals surface area contributed by atoms with Crippen molar-refractivity contribution in [1.29, 1.82) is 0 Å². The molecule has 198 valence electrons. The lowest BCUT2D eigenvalue weighted by molar-refractivity contribution is -0.123. The van der Waals surface area contributed by atoms with Crippen LogP contribution >= 0.6 is 0 Å². The van der Waals surface area contributed by atoms with Crippen molar-refractivity contribution in [2.24, 2.45) is 5.10 Å². The van der Waals surface area contributed by atoms with Crippen LogP contribution in [0.1, 0.15) is 15.9 Å². The zero-order valence-electron chi connectivity index (χ0n) is 21.7. The van der Waals surface area contributed by atoms with Crippen LogP contribution in [0, 0.1) is 0 Å². The monoisotopic (exact) mass is 530 g/mol. The number of esters is 1. The lowest BCUT2D eigenvalue weighted by Crippen LogP contribution is -2.24. The van der Waals surface area contributed by atoms with Crippen LogP contribution in [0.25, 0.3) is 21.9 Å². The number of rotatable bonds is 9. The first-order valence-corrected chi connectivity index (χ1v) is 12.6. The minimum absolute atomic E-state index is 0.211. The molecule has 0 saturated carbocycles. The van der Waals surface area contributed by atoms with Gasteiger partial charge in [-0.1, -0.05) is 72.8 Å². The number of carbonyl (C=O) groups excluding carboxylic acids is 2. The third kappa shape index (κ3) is 6.34. The number of nitrogens with zero attached hydrogens (tertiary/aromatic N) is 1. The van der Waals surface area contributed by atoms with E-state index in [1.807, 2.05) is 84.9 Å². The van der Waals surface area contributed by atoms with Gasteiger partial charge < -0.3 is 14.2 Å². The summed E-state index contributed by atoms with van der Waals surface area (Å²) < 4.78 is 16.5. The fourth-order valence-corrected chi connectivity index (χ4v) is 4.11. The van der Waals surface area contributed by atoms with Crippen molar-refractivity contribution in [3.8, 4) is 28.4 Å². The first-order chi connectivity index (χ1) is 19.6. The number of carbonyl (C=O) groups is 2. The number of hydrogen-bond acceptors (Lipinski definition) is 6. The molecule has 0 saturated heterocycles. The van der Waals surface area contributed by atoms with Crippen LogP contribution in [0.3, 0.4) is 0 Å². The average Bonchev–Trinajstić information content (AvgIpc) is 3.01. The van der Waals surface area contributed by atoms with Gasteiger partial charge in [0, 0.05) is 5.56 Å². The molecule has 1 N–H and O–H groups in total.